The maximum absolute atomic E-state index is 12.0. The van der Waals surface area contributed by atoms with Gasteiger partial charge in [0.1, 0.15) is 0 Å². The van der Waals surface area contributed by atoms with Gasteiger partial charge >= 0.3 is 0 Å². The molecular weight excluding hydrogens is 277 g/mol. The highest BCUT2D eigenvalue weighted by atomic mass is 35.5. The van der Waals surface area contributed by atoms with Crippen LogP contribution in [0.25, 0.3) is 0 Å². The first kappa shape index (κ1) is 15.0. The van der Waals surface area contributed by atoms with Crippen molar-refractivity contribution in [2.45, 2.75) is 30.7 Å². The third-order valence-corrected chi connectivity index (χ3v) is 4.76. The quantitative estimate of drug-likeness (QED) is 0.870. The molecular formula is C12H17Cl2NOS. The van der Waals surface area contributed by atoms with E-state index in [-0.39, 0.29) is 0 Å². The lowest BCUT2D eigenvalue weighted by molar-refractivity contribution is 0.557. The SMILES string of the molecule is CNC(C)CCCS(=O)c1cc(Cl)ccc1Cl. The smallest absolute Gasteiger partial charge is 0.0589 e. The summed E-state index contributed by atoms with van der Waals surface area (Å²) < 4.78 is 12.0. The van der Waals surface area contributed by atoms with E-state index in [0.29, 0.717) is 26.7 Å². The van der Waals surface area contributed by atoms with E-state index in [1.807, 2.05) is 7.05 Å². The molecule has 0 aliphatic heterocycles. The Balaban J connectivity index is 2.55. The first-order valence-electron chi connectivity index (χ1n) is 5.55. The number of hydrogen-bond acceptors (Lipinski definition) is 2. The van der Waals surface area contributed by atoms with E-state index in [9.17, 15) is 4.21 Å². The molecule has 2 atom stereocenters. The molecule has 96 valence electrons. The van der Waals surface area contributed by atoms with Crippen LogP contribution < -0.4 is 5.32 Å². The lowest BCUT2D eigenvalue weighted by atomic mass is 10.2. The van der Waals surface area contributed by atoms with Gasteiger partial charge in [0.05, 0.1) is 20.7 Å². The Morgan fingerprint density at radius 3 is 2.76 bits per heavy atom. The van der Waals surface area contributed by atoms with Crippen LogP contribution >= 0.6 is 23.2 Å². The van der Waals surface area contributed by atoms with Crippen LogP contribution in [0.3, 0.4) is 0 Å². The van der Waals surface area contributed by atoms with Gasteiger partial charge in [0.2, 0.25) is 0 Å². The number of nitrogens with one attached hydrogen (secondary N) is 1. The summed E-state index contributed by atoms with van der Waals surface area (Å²) in [6, 6.07) is 5.52. The molecule has 2 unspecified atom stereocenters. The Morgan fingerprint density at radius 2 is 2.12 bits per heavy atom. The standard InChI is InChI=1S/C12H17Cl2NOS/c1-9(15-2)4-3-7-17(16)12-8-10(13)5-6-11(12)14/h5-6,8-9,15H,3-4,7H2,1-2H3. The van der Waals surface area contributed by atoms with Gasteiger partial charge in [0.25, 0.3) is 0 Å². The Kier molecular flexibility index (Phi) is 6.49. The van der Waals surface area contributed by atoms with Crippen molar-refractivity contribution in [3.05, 3.63) is 28.2 Å². The van der Waals surface area contributed by atoms with Crippen LogP contribution in [0.5, 0.6) is 0 Å². The Labute approximate surface area is 115 Å². The zero-order chi connectivity index (χ0) is 12.8. The molecule has 2 nitrogen and oxygen atoms in total. The van der Waals surface area contributed by atoms with Gasteiger partial charge in [-0.3, -0.25) is 4.21 Å². The molecule has 0 radical (unpaired) electrons. The molecule has 1 aromatic carbocycles. The molecule has 17 heavy (non-hydrogen) atoms. The zero-order valence-electron chi connectivity index (χ0n) is 10.0. The Bertz CT molecular complexity index is 398. The lowest BCUT2D eigenvalue weighted by Crippen LogP contribution is -2.21. The summed E-state index contributed by atoms with van der Waals surface area (Å²) >= 11 is 11.9. The van der Waals surface area contributed by atoms with Gasteiger partial charge in [-0.15, -0.1) is 0 Å². The van der Waals surface area contributed by atoms with Crippen molar-refractivity contribution in [1.82, 2.24) is 5.32 Å². The summed E-state index contributed by atoms with van der Waals surface area (Å²) in [7, 11) is 0.858. The number of halogens is 2. The topological polar surface area (TPSA) is 29.1 Å². The zero-order valence-corrected chi connectivity index (χ0v) is 12.3. The molecule has 0 aromatic heterocycles. The fourth-order valence-corrected chi connectivity index (χ4v) is 3.23. The van der Waals surface area contributed by atoms with E-state index in [4.69, 9.17) is 23.2 Å². The van der Waals surface area contributed by atoms with E-state index in [0.717, 1.165) is 12.8 Å². The predicted molar refractivity (Wildman–Crippen MR) is 75.5 cm³/mol. The van der Waals surface area contributed by atoms with Crippen molar-refractivity contribution >= 4 is 34.0 Å². The van der Waals surface area contributed by atoms with Crippen LogP contribution in [0.1, 0.15) is 19.8 Å². The maximum atomic E-state index is 12.0. The molecule has 0 aliphatic rings. The summed E-state index contributed by atoms with van der Waals surface area (Å²) in [6.07, 6.45) is 1.90. The lowest BCUT2D eigenvalue weighted by Gasteiger charge is -2.09. The van der Waals surface area contributed by atoms with Gasteiger partial charge in [-0.1, -0.05) is 23.2 Å². The molecule has 0 spiro atoms. The van der Waals surface area contributed by atoms with E-state index in [1.54, 1.807) is 18.2 Å². The molecule has 0 heterocycles. The van der Waals surface area contributed by atoms with Crippen LogP contribution in [-0.2, 0) is 10.8 Å². The van der Waals surface area contributed by atoms with Crippen LogP contribution in [0.4, 0.5) is 0 Å². The van der Waals surface area contributed by atoms with Crippen molar-refractivity contribution in [3.63, 3.8) is 0 Å². The average molecular weight is 294 g/mol. The second-order valence-corrected chi connectivity index (χ2v) is 6.34. The Hall–Kier alpha value is -0.0900. The van der Waals surface area contributed by atoms with Gasteiger partial charge < -0.3 is 5.32 Å². The summed E-state index contributed by atoms with van der Waals surface area (Å²) in [5.41, 5.74) is 0. The van der Waals surface area contributed by atoms with Crippen LogP contribution in [0, 0.1) is 0 Å². The van der Waals surface area contributed by atoms with Crippen molar-refractivity contribution in [3.8, 4) is 0 Å². The van der Waals surface area contributed by atoms with Gasteiger partial charge in [-0.2, -0.15) is 0 Å². The minimum Gasteiger partial charge on any atom is -0.317 e. The number of rotatable bonds is 6. The third kappa shape index (κ3) is 4.96. The molecule has 0 bridgehead atoms. The van der Waals surface area contributed by atoms with Gasteiger partial charge in [0.15, 0.2) is 0 Å². The molecule has 1 aromatic rings. The monoisotopic (exact) mass is 293 g/mol. The summed E-state index contributed by atoms with van der Waals surface area (Å²) in [5, 5.41) is 4.25. The number of benzene rings is 1. The largest absolute Gasteiger partial charge is 0.317 e. The first-order chi connectivity index (χ1) is 8.04. The average Bonchev–Trinajstić information content (AvgIpc) is 2.31. The highest BCUT2D eigenvalue weighted by Gasteiger charge is 2.10. The normalized spacial score (nSPS) is 14.6. The molecule has 1 N–H and O–H groups in total. The van der Waals surface area contributed by atoms with E-state index in [2.05, 4.69) is 12.2 Å². The molecule has 5 heteroatoms. The van der Waals surface area contributed by atoms with Gasteiger partial charge in [-0.25, -0.2) is 0 Å². The summed E-state index contributed by atoms with van der Waals surface area (Å²) in [5.74, 6) is 0.617. The fraction of sp³-hybridized carbons (Fsp3) is 0.500. The summed E-state index contributed by atoms with van der Waals surface area (Å²) in [4.78, 5) is 0.635. The molecule has 0 fully saturated rings. The predicted octanol–water partition coefficient (Wildman–Crippen LogP) is 3.49. The molecule has 0 amide bonds. The highest BCUT2D eigenvalue weighted by Crippen LogP contribution is 2.24. The van der Waals surface area contributed by atoms with Crippen molar-refractivity contribution < 1.29 is 4.21 Å². The second kappa shape index (κ2) is 7.37. The van der Waals surface area contributed by atoms with Crippen LogP contribution in [0.2, 0.25) is 10.0 Å². The Morgan fingerprint density at radius 1 is 1.41 bits per heavy atom. The van der Waals surface area contributed by atoms with Crippen molar-refractivity contribution in [2.75, 3.05) is 12.8 Å². The highest BCUT2D eigenvalue weighted by molar-refractivity contribution is 7.85. The minimum atomic E-state index is -1.07. The minimum absolute atomic E-state index is 0.446. The van der Waals surface area contributed by atoms with E-state index in [1.165, 1.54) is 0 Å². The van der Waals surface area contributed by atoms with E-state index >= 15 is 0 Å². The molecule has 0 saturated carbocycles. The van der Waals surface area contributed by atoms with Crippen molar-refractivity contribution in [2.24, 2.45) is 0 Å². The van der Waals surface area contributed by atoms with Gasteiger partial charge in [-0.05, 0) is 45.0 Å². The summed E-state index contributed by atoms with van der Waals surface area (Å²) in [6.45, 7) is 2.11. The molecule has 1 rings (SSSR count). The second-order valence-electron chi connectivity index (χ2n) is 3.96. The fourth-order valence-electron chi connectivity index (χ4n) is 1.43. The van der Waals surface area contributed by atoms with E-state index < -0.39 is 10.8 Å². The first-order valence-corrected chi connectivity index (χ1v) is 7.62. The van der Waals surface area contributed by atoms with Crippen molar-refractivity contribution in [1.29, 1.82) is 0 Å². The van der Waals surface area contributed by atoms with Crippen LogP contribution in [0.15, 0.2) is 23.1 Å². The van der Waals surface area contributed by atoms with Gasteiger partial charge in [0, 0.05) is 16.8 Å². The maximum Gasteiger partial charge on any atom is 0.0589 e. The number of hydrogen-bond donors (Lipinski definition) is 1. The third-order valence-electron chi connectivity index (χ3n) is 2.60. The molecule has 0 saturated heterocycles. The van der Waals surface area contributed by atoms with Crippen LogP contribution in [-0.4, -0.2) is 23.1 Å². The molecule has 0 aliphatic carbocycles.